The predicted molar refractivity (Wildman–Crippen MR) is 277 cm³/mol. The smallest absolute Gasteiger partial charge is 0.135 e. The van der Waals surface area contributed by atoms with Crippen LogP contribution in [-0.2, 0) is 0 Å². The second kappa shape index (κ2) is 16.6. The molecule has 0 radical (unpaired) electrons. The van der Waals surface area contributed by atoms with Crippen LogP contribution in [0.3, 0.4) is 0 Å². The van der Waals surface area contributed by atoms with Gasteiger partial charge in [0.2, 0.25) is 0 Å². The van der Waals surface area contributed by atoms with Gasteiger partial charge in [-0.15, -0.1) is 11.3 Å². The summed E-state index contributed by atoms with van der Waals surface area (Å²) >= 11 is 1.90. The lowest BCUT2D eigenvalue weighted by Crippen LogP contribution is -2.74. The van der Waals surface area contributed by atoms with Crippen LogP contribution in [0.25, 0.3) is 42.4 Å². The summed E-state index contributed by atoms with van der Waals surface area (Å²) in [7, 11) is -5.30. The van der Waals surface area contributed by atoms with E-state index in [1.807, 2.05) is 11.3 Å². The number of rotatable bonds is 10. The van der Waals surface area contributed by atoms with Gasteiger partial charge in [0.25, 0.3) is 0 Å². The Balaban J connectivity index is 1.08. The van der Waals surface area contributed by atoms with E-state index in [-0.39, 0.29) is 0 Å². The Bertz CT molecular complexity index is 3080. The van der Waals surface area contributed by atoms with Crippen molar-refractivity contribution in [3.05, 3.63) is 267 Å². The Kier molecular flexibility index (Phi) is 10.2. The lowest BCUT2D eigenvalue weighted by Gasteiger charge is -2.34. The predicted octanol–water partition coefficient (Wildman–Crippen LogP) is 10.1. The third-order valence-corrected chi connectivity index (χ3v) is 23.8. The highest BCUT2D eigenvalue weighted by atomic mass is 32.1. The first-order chi connectivity index (χ1) is 31.2. The van der Waals surface area contributed by atoms with Crippen molar-refractivity contribution in [1.82, 2.24) is 0 Å². The van der Waals surface area contributed by atoms with Crippen molar-refractivity contribution in [3.8, 4) is 22.3 Å². The number of fused-ring (bicyclic) bond motifs is 3. The first kappa shape index (κ1) is 38.8. The fourth-order valence-corrected chi connectivity index (χ4v) is 20.9. The minimum absolute atomic E-state index is 1.22. The highest BCUT2D eigenvalue weighted by Gasteiger charge is 2.42. The summed E-state index contributed by atoms with van der Waals surface area (Å²) in [6.45, 7) is 0. The SMILES string of the molecule is c1ccc([Si](c2ccccc2)(c2ccccc2)c2ccc(-c3cc(-c4ccc([Si](c5ccccc5)(c5ccccc5)c5ccccc5)cc4)c4sc5ccccc5c4c3)cc2)cc1. The zero-order valence-electron chi connectivity index (χ0n) is 34.8. The fourth-order valence-electron chi connectivity index (χ4n) is 10.1. The van der Waals surface area contributed by atoms with Crippen molar-refractivity contribution in [2.45, 2.75) is 0 Å². The molecule has 63 heavy (non-hydrogen) atoms. The minimum Gasteiger partial charge on any atom is -0.135 e. The van der Waals surface area contributed by atoms with Crippen LogP contribution >= 0.6 is 11.3 Å². The Labute approximate surface area is 376 Å². The molecule has 11 aromatic rings. The van der Waals surface area contributed by atoms with Gasteiger partial charge in [0, 0.05) is 25.7 Å². The maximum absolute atomic E-state index is 2.66. The second-order valence-corrected chi connectivity index (χ2v) is 25.0. The molecule has 3 heteroatoms. The fraction of sp³-hybridized carbons (Fsp3) is 0. The van der Waals surface area contributed by atoms with Crippen LogP contribution in [0.2, 0.25) is 0 Å². The first-order valence-electron chi connectivity index (χ1n) is 21.7. The molecular formula is C60H44SSi2. The van der Waals surface area contributed by atoms with Crippen molar-refractivity contribution < 1.29 is 0 Å². The molecule has 0 unspecified atom stereocenters. The normalized spacial score (nSPS) is 11.8. The quantitative estimate of drug-likeness (QED) is 0.0950. The van der Waals surface area contributed by atoms with Gasteiger partial charge in [-0.1, -0.05) is 249 Å². The van der Waals surface area contributed by atoms with Crippen LogP contribution in [-0.4, -0.2) is 16.1 Å². The third-order valence-electron chi connectivity index (χ3n) is 13.0. The van der Waals surface area contributed by atoms with Gasteiger partial charge in [-0.05, 0) is 76.4 Å². The number of hydrogen-bond acceptors (Lipinski definition) is 1. The zero-order chi connectivity index (χ0) is 42.1. The number of benzene rings is 10. The molecule has 0 spiro atoms. The molecule has 0 N–H and O–H groups in total. The van der Waals surface area contributed by atoms with Gasteiger partial charge < -0.3 is 0 Å². The average molecular weight is 853 g/mol. The lowest BCUT2D eigenvalue weighted by molar-refractivity contribution is 1.63. The van der Waals surface area contributed by atoms with Gasteiger partial charge in [-0.3, -0.25) is 0 Å². The maximum atomic E-state index is 2.44. The molecule has 1 aromatic heterocycles. The Morgan fingerprint density at radius 2 is 0.556 bits per heavy atom. The Morgan fingerprint density at radius 3 is 0.937 bits per heavy atom. The van der Waals surface area contributed by atoms with Crippen LogP contribution in [0.5, 0.6) is 0 Å². The monoisotopic (exact) mass is 852 g/mol. The van der Waals surface area contributed by atoms with Gasteiger partial charge in [0.15, 0.2) is 16.1 Å². The molecule has 10 aromatic carbocycles. The number of thiophene rings is 1. The molecular weight excluding hydrogens is 809 g/mol. The molecule has 0 saturated heterocycles. The summed E-state index contributed by atoms with van der Waals surface area (Å²) in [5.41, 5.74) is 4.95. The number of hydrogen-bond donors (Lipinski definition) is 0. The maximum Gasteiger partial charge on any atom is 0.179 e. The van der Waals surface area contributed by atoms with Gasteiger partial charge in [-0.2, -0.15) is 0 Å². The molecule has 11 rings (SSSR count). The van der Waals surface area contributed by atoms with E-state index >= 15 is 0 Å². The highest BCUT2D eigenvalue weighted by Crippen LogP contribution is 2.42. The van der Waals surface area contributed by atoms with Crippen molar-refractivity contribution >= 4 is 89.2 Å². The van der Waals surface area contributed by atoms with Crippen LogP contribution in [0.1, 0.15) is 0 Å². The Morgan fingerprint density at radius 1 is 0.238 bits per heavy atom. The van der Waals surface area contributed by atoms with Crippen LogP contribution in [0.4, 0.5) is 0 Å². The minimum atomic E-state index is -2.66. The topological polar surface area (TPSA) is 0 Å². The molecule has 0 aliphatic heterocycles. The summed E-state index contributed by atoms with van der Waals surface area (Å²) in [5.74, 6) is 0. The van der Waals surface area contributed by atoms with Crippen molar-refractivity contribution in [1.29, 1.82) is 0 Å². The first-order valence-corrected chi connectivity index (χ1v) is 26.6. The Hall–Kier alpha value is -7.15. The molecule has 0 nitrogen and oxygen atoms in total. The van der Waals surface area contributed by atoms with Crippen molar-refractivity contribution in [3.63, 3.8) is 0 Å². The molecule has 298 valence electrons. The molecule has 0 aliphatic rings. The largest absolute Gasteiger partial charge is 0.179 e. The van der Waals surface area contributed by atoms with Gasteiger partial charge in [0.05, 0.1) is 0 Å². The summed E-state index contributed by atoms with van der Waals surface area (Å²) in [6.07, 6.45) is 0. The second-order valence-electron chi connectivity index (χ2n) is 16.3. The van der Waals surface area contributed by atoms with Crippen LogP contribution in [0, 0.1) is 0 Å². The molecule has 0 atom stereocenters. The van der Waals surface area contributed by atoms with E-state index in [0.29, 0.717) is 0 Å². The summed E-state index contributed by atoms with van der Waals surface area (Å²) in [4.78, 5) is 0. The molecule has 0 fully saturated rings. The van der Waals surface area contributed by atoms with E-state index in [1.54, 1.807) is 0 Å². The van der Waals surface area contributed by atoms with E-state index in [2.05, 4.69) is 267 Å². The van der Waals surface area contributed by atoms with E-state index in [4.69, 9.17) is 0 Å². The molecule has 0 aliphatic carbocycles. The van der Waals surface area contributed by atoms with Gasteiger partial charge in [0.1, 0.15) is 0 Å². The van der Waals surface area contributed by atoms with Crippen LogP contribution in [0.15, 0.2) is 267 Å². The van der Waals surface area contributed by atoms with E-state index < -0.39 is 16.1 Å². The summed E-state index contributed by atoms with van der Waals surface area (Å²) in [6, 6.07) is 100. The van der Waals surface area contributed by atoms with E-state index in [1.165, 1.54) is 83.9 Å². The lowest BCUT2D eigenvalue weighted by atomic mass is 9.96. The van der Waals surface area contributed by atoms with Gasteiger partial charge in [-0.25, -0.2) is 0 Å². The molecule has 0 bridgehead atoms. The van der Waals surface area contributed by atoms with Crippen molar-refractivity contribution in [2.24, 2.45) is 0 Å². The van der Waals surface area contributed by atoms with Crippen molar-refractivity contribution in [2.75, 3.05) is 0 Å². The van der Waals surface area contributed by atoms with Crippen LogP contribution < -0.4 is 41.5 Å². The highest BCUT2D eigenvalue weighted by molar-refractivity contribution is 7.26. The zero-order valence-corrected chi connectivity index (χ0v) is 37.6. The summed E-state index contributed by atoms with van der Waals surface area (Å²) < 4.78 is 2.64. The van der Waals surface area contributed by atoms with Gasteiger partial charge >= 0.3 is 0 Å². The summed E-state index contributed by atoms with van der Waals surface area (Å²) in [5, 5.41) is 13.6. The third kappa shape index (κ3) is 6.65. The molecule has 0 amide bonds. The average Bonchev–Trinajstić information content (AvgIpc) is 3.75. The standard InChI is InChI=1S/C60H44SSi2/c1-7-21-48(22-8-1)62(49-23-9-2-10-24-49,50-25-11-3-12-26-50)54-39-35-45(36-40-54)47-43-57(60-58(44-47)56-33-19-20-34-59(56)61-60)46-37-41-55(42-38-46)63(51-27-13-4-14-28-51,52-29-15-5-16-30-52)53-31-17-6-18-32-53/h1-44H. The molecule has 1 heterocycles. The van der Waals surface area contributed by atoms with E-state index in [0.717, 1.165) is 0 Å². The molecule has 0 saturated carbocycles. The van der Waals surface area contributed by atoms with E-state index in [9.17, 15) is 0 Å².